The maximum atomic E-state index is 12.6. The van der Waals surface area contributed by atoms with Crippen LogP contribution in [0.5, 0.6) is 11.6 Å². The number of halogens is 5. The van der Waals surface area contributed by atoms with Gasteiger partial charge in [0.2, 0.25) is 11.7 Å². The van der Waals surface area contributed by atoms with Crippen LogP contribution in [0.2, 0.25) is 10.2 Å². The lowest BCUT2D eigenvalue weighted by atomic mass is 10.2. The van der Waals surface area contributed by atoms with Gasteiger partial charge in [0.1, 0.15) is 10.9 Å². The Morgan fingerprint density at radius 3 is 2.45 bits per heavy atom. The maximum absolute atomic E-state index is 12.6. The van der Waals surface area contributed by atoms with Crippen LogP contribution in [0.4, 0.5) is 13.2 Å². The van der Waals surface area contributed by atoms with Crippen LogP contribution < -0.4 is 4.74 Å². The molecule has 0 aliphatic heterocycles. The number of aryl methyl sites for hydroxylation is 1. The van der Waals surface area contributed by atoms with Gasteiger partial charge in [0.05, 0.1) is 5.02 Å². The number of hydrogen-bond donors (Lipinski definition) is 0. The third kappa shape index (κ3) is 3.52. The molecule has 0 radical (unpaired) electrons. The van der Waals surface area contributed by atoms with Crippen molar-refractivity contribution < 1.29 is 17.9 Å². The fraction of sp³-hybridized carbons (Fsp3) is 0.167. The van der Waals surface area contributed by atoms with Crippen LogP contribution in [-0.2, 0) is 6.18 Å². The molecule has 1 aromatic carbocycles. The van der Waals surface area contributed by atoms with E-state index < -0.39 is 12.0 Å². The zero-order valence-corrected chi connectivity index (χ0v) is 11.5. The molecule has 0 amide bonds. The summed E-state index contributed by atoms with van der Waals surface area (Å²) in [6.07, 6.45) is -4.71. The molecule has 2 rings (SSSR count). The highest BCUT2D eigenvalue weighted by molar-refractivity contribution is 6.32. The van der Waals surface area contributed by atoms with E-state index in [1.165, 1.54) is 0 Å². The van der Waals surface area contributed by atoms with Crippen LogP contribution >= 0.6 is 23.2 Å². The first-order valence-corrected chi connectivity index (χ1v) is 6.07. The van der Waals surface area contributed by atoms with E-state index in [-0.39, 0.29) is 21.8 Å². The van der Waals surface area contributed by atoms with Crippen LogP contribution in [0.3, 0.4) is 0 Å². The molecule has 0 aliphatic rings. The van der Waals surface area contributed by atoms with E-state index in [0.29, 0.717) is 0 Å². The van der Waals surface area contributed by atoms with Crippen LogP contribution in [0.1, 0.15) is 11.4 Å². The van der Waals surface area contributed by atoms with Gasteiger partial charge in [-0.25, -0.2) is 4.98 Å². The summed E-state index contributed by atoms with van der Waals surface area (Å²) in [6, 6.07) is 5.96. The van der Waals surface area contributed by atoms with Crippen molar-refractivity contribution in [3.63, 3.8) is 0 Å². The maximum Gasteiger partial charge on any atom is 0.451 e. The van der Waals surface area contributed by atoms with E-state index in [1.807, 2.05) is 0 Å². The molecule has 1 aromatic heterocycles. The number of benzene rings is 1. The number of alkyl halides is 3. The monoisotopic (exact) mass is 322 g/mol. The number of nitrogens with zero attached hydrogens (tertiary/aromatic N) is 2. The Balaban J connectivity index is 2.39. The molecular weight excluding hydrogens is 316 g/mol. The topological polar surface area (TPSA) is 35.0 Å². The Hall–Kier alpha value is -1.53. The predicted molar refractivity (Wildman–Crippen MR) is 68.3 cm³/mol. The number of aromatic nitrogens is 2. The minimum absolute atomic E-state index is 0.189. The Morgan fingerprint density at radius 2 is 1.80 bits per heavy atom. The highest BCUT2D eigenvalue weighted by Gasteiger charge is 2.35. The molecule has 8 heteroatoms. The molecule has 1 heterocycles. The van der Waals surface area contributed by atoms with Gasteiger partial charge in [0, 0.05) is 6.07 Å². The van der Waals surface area contributed by atoms with E-state index in [4.69, 9.17) is 27.9 Å². The van der Waals surface area contributed by atoms with Gasteiger partial charge >= 0.3 is 6.18 Å². The molecule has 0 aliphatic carbocycles. The molecule has 0 saturated heterocycles. The minimum atomic E-state index is -4.71. The van der Waals surface area contributed by atoms with Gasteiger partial charge in [-0.15, -0.1) is 0 Å². The largest absolute Gasteiger partial charge is 0.451 e. The molecule has 0 atom stereocenters. The summed E-state index contributed by atoms with van der Waals surface area (Å²) in [7, 11) is 0. The van der Waals surface area contributed by atoms with Crippen molar-refractivity contribution >= 4 is 23.2 Å². The molecule has 20 heavy (non-hydrogen) atoms. The summed E-state index contributed by atoms with van der Waals surface area (Å²) >= 11 is 11.4. The average Bonchev–Trinajstić information content (AvgIpc) is 2.32. The predicted octanol–water partition coefficient (Wildman–Crippen LogP) is 4.90. The molecule has 0 saturated carbocycles. The molecular formula is C12H7Cl2F3N2O. The lowest BCUT2D eigenvalue weighted by Gasteiger charge is -2.10. The first-order valence-electron chi connectivity index (χ1n) is 5.31. The SMILES string of the molecule is Cc1ccc(Cl)c(Oc2cc(Cl)nc(C(F)(F)F)n2)c1. The van der Waals surface area contributed by atoms with Crippen LogP contribution in [0, 0.1) is 6.92 Å². The van der Waals surface area contributed by atoms with E-state index in [2.05, 4.69) is 9.97 Å². The second-order valence-electron chi connectivity index (χ2n) is 3.89. The Kier molecular flexibility index (Phi) is 4.06. The van der Waals surface area contributed by atoms with Gasteiger partial charge in [-0.1, -0.05) is 29.3 Å². The molecule has 0 fully saturated rings. The molecule has 0 spiro atoms. The van der Waals surface area contributed by atoms with Crippen LogP contribution in [-0.4, -0.2) is 9.97 Å². The van der Waals surface area contributed by atoms with Crippen molar-refractivity contribution in [1.82, 2.24) is 9.97 Å². The summed E-state index contributed by atoms with van der Waals surface area (Å²) in [5.74, 6) is -1.51. The molecule has 106 valence electrons. The summed E-state index contributed by atoms with van der Waals surface area (Å²) in [5.41, 5.74) is 0.834. The number of rotatable bonds is 2. The highest BCUT2D eigenvalue weighted by atomic mass is 35.5. The van der Waals surface area contributed by atoms with Crippen molar-refractivity contribution in [2.45, 2.75) is 13.1 Å². The van der Waals surface area contributed by atoms with Crippen molar-refractivity contribution in [1.29, 1.82) is 0 Å². The number of ether oxygens (including phenoxy) is 1. The van der Waals surface area contributed by atoms with Crippen molar-refractivity contribution in [3.05, 3.63) is 45.8 Å². The summed E-state index contributed by atoms with van der Waals surface area (Å²) in [4.78, 5) is 6.37. The van der Waals surface area contributed by atoms with Gasteiger partial charge in [-0.2, -0.15) is 18.2 Å². The average molecular weight is 323 g/mol. The first kappa shape index (κ1) is 14.9. The zero-order chi connectivity index (χ0) is 14.9. The standard InChI is InChI=1S/C12H7Cl2F3N2O/c1-6-2-3-7(13)8(4-6)20-10-5-9(14)18-11(19-10)12(15,16)17/h2-5H,1H3. The van der Waals surface area contributed by atoms with E-state index in [9.17, 15) is 13.2 Å². The van der Waals surface area contributed by atoms with Gasteiger partial charge in [0.15, 0.2) is 0 Å². The third-order valence-electron chi connectivity index (χ3n) is 2.23. The van der Waals surface area contributed by atoms with Gasteiger partial charge < -0.3 is 4.74 Å². The van der Waals surface area contributed by atoms with Crippen LogP contribution in [0.25, 0.3) is 0 Å². The van der Waals surface area contributed by atoms with E-state index in [0.717, 1.165) is 11.6 Å². The second kappa shape index (κ2) is 5.46. The van der Waals surface area contributed by atoms with Crippen molar-refractivity contribution in [3.8, 4) is 11.6 Å². The fourth-order valence-corrected chi connectivity index (χ4v) is 1.71. The highest BCUT2D eigenvalue weighted by Crippen LogP contribution is 2.33. The molecule has 0 bridgehead atoms. The third-order valence-corrected chi connectivity index (χ3v) is 2.73. The first-order chi connectivity index (χ1) is 9.25. The fourth-order valence-electron chi connectivity index (χ4n) is 1.38. The second-order valence-corrected chi connectivity index (χ2v) is 4.68. The molecule has 0 N–H and O–H groups in total. The van der Waals surface area contributed by atoms with Crippen LogP contribution in [0.15, 0.2) is 24.3 Å². The Morgan fingerprint density at radius 1 is 1.10 bits per heavy atom. The summed E-state index contributed by atoms with van der Waals surface area (Å²) in [6.45, 7) is 1.79. The number of hydrogen-bond acceptors (Lipinski definition) is 3. The Labute approximate surface area is 122 Å². The molecule has 0 unspecified atom stereocenters. The van der Waals surface area contributed by atoms with Gasteiger partial charge in [-0.05, 0) is 24.6 Å². The molecule has 2 aromatic rings. The Bertz CT molecular complexity index is 647. The molecule has 3 nitrogen and oxygen atoms in total. The van der Waals surface area contributed by atoms with E-state index >= 15 is 0 Å². The summed E-state index contributed by atoms with van der Waals surface area (Å²) in [5, 5.41) is -0.120. The van der Waals surface area contributed by atoms with Gasteiger partial charge in [-0.3, -0.25) is 0 Å². The van der Waals surface area contributed by atoms with E-state index in [1.54, 1.807) is 25.1 Å². The summed E-state index contributed by atoms with van der Waals surface area (Å²) < 4.78 is 42.9. The minimum Gasteiger partial charge on any atom is -0.437 e. The zero-order valence-electron chi connectivity index (χ0n) is 10.0. The van der Waals surface area contributed by atoms with Gasteiger partial charge in [0.25, 0.3) is 0 Å². The normalized spacial score (nSPS) is 11.5. The van der Waals surface area contributed by atoms with Crippen molar-refractivity contribution in [2.75, 3.05) is 0 Å². The lowest BCUT2D eigenvalue weighted by Crippen LogP contribution is -2.11. The van der Waals surface area contributed by atoms with Crippen molar-refractivity contribution in [2.24, 2.45) is 0 Å². The smallest absolute Gasteiger partial charge is 0.437 e. The quantitative estimate of drug-likeness (QED) is 0.737. The lowest BCUT2D eigenvalue weighted by molar-refractivity contribution is -0.145.